The first-order valence-electron chi connectivity index (χ1n) is 9.37. The Balaban J connectivity index is 1.95. The summed E-state index contributed by atoms with van der Waals surface area (Å²) in [7, 11) is -3.97. The van der Waals surface area contributed by atoms with Crippen LogP contribution in [0.5, 0.6) is 0 Å². The van der Waals surface area contributed by atoms with Crippen molar-refractivity contribution in [1.29, 1.82) is 5.26 Å². The highest BCUT2D eigenvalue weighted by Crippen LogP contribution is 2.30. The molecule has 1 heterocycles. The monoisotopic (exact) mass is 419 g/mol. The number of thioether (sulfide) groups is 1. The van der Waals surface area contributed by atoms with Gasteiger partial charge in [-0.3, -0.25) is 4.28 Å². The Morgan fingerprint density at radius 1 is 1.18 bits per heavy atom. The number of hydrogen-bond donors (Lipinski definition) is 1. The van der Waals surface area contributed by atoms with Gasteiger partial charge in [0.25, 0.3) is 0 Å². The molecular weight excluding hydrogens is 394 g/mol. The van der Waals surface area contributed by atoms with Crippen LogP contribution in [0.4, 0.5) is 0 Å². The van der Waals surface area contributed by atoms with Gasteiger partial charge in [0.1, 0.15) is 6.07 Å². The number of hydrogen-bond acceptors (Lipinski definition) is 6. The molecule has 1 N–H and O–H groups in total. The lowest BCUT2D eigenvalue weighted by Crippen LogP contribution is -2.25. The van der Waals surface area contributed by atoms with Crippen molar-refractivity contribution in [2.24, 2.45) is 5.16 Å². The third kappa shape index (κ3) is 7.15. The molecule has 0 amide bonds. The molecule has 0 fully saturated rings. The number of allylic oxidation sites excluding steroid dienone is 2. The van der Waals surface area contributed by atoms with Gasteiger partial charge in [-0.1, -0.05) is 86.3 Å². The number of nitrogens with one attached hydrogen (secondary N) is 1. The molecule has 1 aliphatic heterocycles. The molecule has 1 aromatic carbocycles. The van der Waals surface area contributed by atoms with E-state index in [4.69, 9.17) is 4.28 Å². The van der Waals surface area contributed by atoms with Crippen LogP contribution in [0.15, 0.2) is 52.5 Å². The van der Waals surface area contributed by atoms with E-state index < -0.39 is 10.3 Å². The van der Waals surface area contributed by atoms with Crippen LogP contribution >= 0.6 is 11.8 Å². The minimum Gasteiger partial charge on any atom is -0.255 e. The van der Waals surface area contributed by atoms with E-state index in [1.54, 1.807) is 11.5 Å². The summed E-state index contributed by atoms with van der Waals surface area (Å²) < 4.78 is 31.1. The van der Waals surface area contributed by atoms with Crippen molar-refractivity contribution in [3.05, 3.63) is 53.0 Å². The molecule has 0 aliphatic carbocycles. The molecule has 1 aliphatic rings. The van der Waals surface area contributed by atoms with Crippen molar-refractivity contribution in [1.82, 2.24) is 4.72 Å². The van der Waals surface area contributed by atoms with Gasteiger partial charge in [-0.25, -0.2) is 0 Å². The number of rotatable bonds is 11. The van der Waals surface area contributed by atoms with Crippen molar-refractivity contribution in [2.75, 3.05) is 6.54 Å². The molecule has 0 atom stereocenters. The number of nitrogens with zero attached hydrogens (tertiary/aromatic N) is 2. The molecule has 0 aromatic heterocycles. The number of benzene rings is 1. The molecule has 28 heavy (non-hydrogen) atoms. The van der Waals surface area contributed by atoms with Crippen molar-refractivity contribution in [2.45, 2.75) is 45.4 Å². The molecule has 0 saturated carbocycles. The van der Waals surface area contributed by atoms with Crippen LogP contribution in [0.1, 0.15) is 51.0 Å². The average Bonchev–Trinajstić information content (AvgIpc) is 3.16. The van der Waals surface area contributed by atoms with Crippen molar-refractivity contribution in [3.8, 4) is 6.07 Å². The van der Waals surface area contributed by atoms with Gasteiger partial charge in [0.2, 0.25) is 0 Å². The van der Waals surface area contributed by atoms with Crippen LogP contribution in [-0.2, 0) is 14.6 Å². The van der Waals surface area contributed by atoms with Crippen LogP contribution in [-0.4, -0.2) is 20.0 Å². The summed E-state index contributed by atoms with van der Waals surface area (Å²) in [6.45, 7) is 2.48. The van der Waals surface area contributed by atoms with E-state index in [0.29, 0.717) is 22.7 Å². The molecule has 0 radical (unpaired) electrons. The summed E-state index contributed by atoms with van der Waals surface area (Å²) in [5, 5.41) is 15.4. The fourth-order valence-electron chi connectivity index (χ4n) is 2.66. The Hall–Kier alpha value is -2.08. The zero-order valence-corrected chi connectivity index (χ0v) is 17.6. The highest BCUT2D eigenvalue weighted by Gasteiger charge is 2.19. The Labute approximate surface area is 171 Å². The highest BCUT2D eigenvalue weighted by atomic mass is 32.2. The van der Waals surface area contributed by atoms with Crippen molar-refractivity contribution in [3.63, 3.8) is 0 Å². The van der Waals surface area contributed by atoms with Gasteiger partial charge in [0, 0.05) is 12.1 Å². The van der Waals surface area contributed by atoms with E-state index in [0.717, 1.165) is 24.8 Å². The lowest BCUT2D eigenvalue weighted by molar-refractivity contribution is 0.331. The van der Waals surface area contributed by atoms with E-state index in [1.165, 1.54) is 31.0 Å². The minimum absolute atomic E-state index is 0.320. The van der Waals surface area contributed by atoms with Crippen LogP contribution in [0.2, 0.25) is 0 Å². The topological polar surface area (TPSA) is 91.6 Å². The Morgan fingerprint density at radius 3 is 2.61 bits per heavy atom. The summed E-state index contributed by atoms with van der Waals surface area (Å²) in [5.74, 6) is 0. The van der Waals surface area contributed by atoms with E-state index in [-0.39, 0.29) is 0 Å². The quantitative estimate of drug-likeness (QED) is 0.317. The van der Waals surface area contributed by atoms with Crippen LogP contribution in [0.3, 0.4) is 0 Å². The smallest absolute Gasteiger partial charge is 0.255 e. The van der Waals surface area contributed by atoms with E-state index >= 15 is 0 Å². The van der Waals surface area contributed by atoms with Crippen LogP contribution < -0.4 is 4.72 Å². The molecule has 150 valence electrons. The Bertz CT molecular complexity index is 870. The maximum Gasteiger partial charge on any atom is 0.402 e. The molecule has 0 saturated heterocycles. The largest absolute Gasteiger partial charge is 0.402 e. The molecule has 1 aromatic rings. The van der Waals surface area contributed by atoms with E-state index in [1.807, 2.05) is 30.3 Å². The summed E-state index contributed by atoms with van der Waals surface area (Å²) in [4.78, 5) is 0. The molecule has 0 bridgehead atoms. The molecule has 0 spiro atoms. The number of unbranched alkanes of at least 4 members (excludes halogenated alkanes) is 5. The maximum atomic E-state index is 12.0. The first-order chi connectivity index (χ1) is 13.6. The van der Waals surface area contributed by atoms with Gasteiger partial charge in [0.05, 0.1) is 5.57 Å². The minimum atomic E-state index is -3.97. The predicted molar refractivity (Wildman–Crippen MR) is 115 cm³/mol. The lowest BCUT2D eigenvalue weighted by Gasteiger charge is -2.06. The van der Waals surface area contributed by atoms with Gasteiger partial charge in [0.15, 0.2) is 5.04 Å². The zero-order valence-electron chi connectivity index (χ0n) is 15.9. The fraction of sp³-hybridized carbons (Fsp3) is 0.400. The zero-order chi connectivity index (χ0) is 20.2. The molecule has 8 heteroatoms. The van der Waals surface area contributed by atoms with Crippen LogP contribution in [0.25, 0.3) is 5.57 Å². The van der Waals surface area contributed by atoms with Gasteiger partial charge in [-0.15, -0.1) is 0 Å². The molecule has 2 rings (SSSR count). The summed E-state index contributed by atoms with van der Waals surface area (Å²) in [6.07, 6.45) is 8.14. The van der Waals surface area contributed by atoms with E-state index in [9.17, 15) is 13.7 Å². The van der Waals surface area contributed by atoms with Gasteiger partial charge in [-0.2, -0.15) is 18.4 Å². The van der Waals surface area contributed by atoms with Gasteiger partial charge < -0.3 is 0 Å². The number of oxime groups is 1. The fourth-order valence-corrected chi connectivity index (χ4v) is 4.04. The summed E-state index contributed by atoms with van der Waals surface area (Å²) in [5.41, 5.74) is 1.70. The highest BCUT2D eigenvalue weighted by molar-refractivity contribution is 8.17. The second kappa shape index (κ2) is 11.7. The third-order valence-electron chi connectivity index (χ3n) is 4.12. The van der Waals surface area contributed by atoms with Gasteiger partial charge in [-0.05, 0) is 23.5 Å². The summed E-state index contributed by atoms with van der Waals surface area (Å²) in [6, 6.07) is 11.3. The summed E-state index contributed by atoms with van der Waals surface area (Å²) >= 11 is 1.21. The normalized spacial score (nSPS) is 16.9. The third-order valence-corrected chi connectivity index (χ3v) is 5.73. The first-order valence-corrected chi connectivity index (χ1v) is 11.7. The predicted octanol–water partition coefficient (Wildman–Crippen LogP) is 4.75. The molecule has 6 nitrogen and oxygen atoms in total. The molecular formula is C20H25N3O3S2. The SMILES string of the molecule is CCCCCCCCNS(=O)(=O)O/N=C1\SC=C\C1=C(\C#N)c1ccccc1. The maximum absolute atomic E-state index is 12.0. The van der Waals surface area contributed by atoms with Crippen molar-refractivity contribution < 1.29 is 12.7 Å². The van der Waals surface area contributed by atoms with Crippen molar-refractivity contribution >= 4 is 32.7 Å². The van der Waals surface area contributed by atoms with E-state index in [2.05, 4.69) is 22.9 Å². The average molecular weight is 420 g/mol. The Morgan fingerprint density at radius 2 is 1.89 bits per heavy atom. The first kappa shape index (κ1) is 22.2. The second-order valence-electron chi connectivity index (χ2n) is 6.27. The van der Waals surface area contributed by atoms with Crippen LogP contribution in [0, 0.1) is 11.3 Å². The molecule has 0 unspecified atom stereocenters. The number of nitriles is 1. The second-order valence-corrected chi connectivity index (χ2v) is 8.51. The van der Waals surface area contributed by atoms with Gasteiger partial charge >= 0.3 is 10.3 Å². The standard InChI is InChI=1S/C20H25N3O3S2/c1-2-3-4-5-6-10-14-22-28(24,25)26-23-20-18(13-15-27-20)19(16-21)17-11-8-7-9-12-17/h7-9,11-13,15,22H,2-6,10,14H2,1H3/b19-18+,23-20-. The lowest BCUT2D eigenvalue weighted by atomic mass is 10.0. The Kier molecular flexibility index (Phi) is 9.28.